The van der Waals surface area contributed by atoms with Gasteiger partial charge in [-0.15, -0.1) is 11.6 Å². The molecule has 1 aromatic rings. The zero-order chi connectivity index (χ0) is 11.5. The predicted molar refractivity (Wildman–Crippen MR) is 68.6 cm³/mol. The van der Waals surface area contributed by atoms with E-state index >= 15 is 0 Å². The summed E-state index contributed by atoms with van der Waals surface area (Å²) in [6.45, 7) is 1.60. The van der Waals surface area contributed by atoms with E-state index in [-0.39, 0.29) is 5.38 Å². The maximum absolute atomic E-state index is 6.45. The Morgan fingerprint density at radius 1 is 1.12 bits per heavy atom. The first-order valence-corrected chi connectivity index (χ1v) is 6.54. The molecule has 1 nitrogen and oxygen atoms in total. The van der Waals surface area contributed by atoms with Crippen molar-refractivity contribution in [1.29, 1.82) is 0 Å². The van der Waals surface area contributed by atoms with Gasteiger partial charge in [0.05, 0.1) is 15.4 Å². The molecule has 0 aromatic heterocycles. The van der Waals surface area contributed by atoms with Crippen LogP contribution in [0.2, 0.25) is 10.0 Å². The van der Waals surface area contributed by atoms with Crippen molar-refractivity contribution in [2.24, 2.45) is 5.92 Å². The minimum absolute atomic E-state index is 0.00123. The second-order valence-corrected chi connectivity index (χ2v) is 5.31. The highest BCUT2D eigenvalue weighted by molar-refractivity contribution is 6.42. The van der Waals surface area contributed by atoms with Gasteiger partial charge in [0.1, 0.15) is 0 Å². The topological polar surface area (TPSA) is 9.23 Å². The summed E-state index contributed by atoms with van der Waals surface area (Å²) in [4.78, 5) is 0. The van der Waals surface area contributed by atoms with Gasteiger partial charge >= 0.3 is 0 Å². The summed E-state index contributed by atoms with van der Waals surface area (Å²) in [6.07, 6.45) is 2.02. The fraction of sp³-hybridized carbons (Fsp3) is 0.500. The molecule has 0 N–H and O–H groups in total. The molecule has 1 aromatic carbocycles. The molecular formula is C12H13Cl3O. The van der Waals surface area contributed by atoms with Crippen LogP contribution in [0.5, 0.6) is 0 Å². The molecule has 1 unspecified atom stereocenters. The lowest BCUT2D eigenvalue weighted by atomic mass is 9.92. The highest BCUT2D eigenvalue weighted by Crippen LogP contribution is 2.37. The van der Waals surface area contributed by atoms with Crippen LogP contribution in [0.1, 0.15) is 23.8 Å². The average molecular weight is 280 g/mol. The number of benzene rings is 1. The Morgan fingerprint density at radius 2 is 1.81 bits per heavy atom. The third-order valence-corrected chi connectivity index (χ3v) is 4.29. The second kappa shape index (κ2) is 5.59. The maximum Gasteiger partial charge on any atom is 0.0615 e. The minimum atomic E-state index is -0.00123. The number of alkyl halides is 1. The largest absolute Gasteiger partial charge is 0.381 e. The van der Waals surface area contributed by atoms with Crippen molar-refractivity contribution in [3.8, 4) is 0 Å². The molecule has 0 amide bonds. The molecule has 1 aliphatic rings. The molecular weight excluding hydrogens is 266 g/mol. The highest BCUT2D eigenvalue weighted by atomic mass is 35.5. The molecule has 0 radical (unpaired) electrons. The number of rotatable bonds is 2. The monoisotopic (exact) mass is 278 g/mol. The maximum atomic E-state index is 6.45. The van der Waals surface area contributed by atoms with Gasteiger partial charge in [-0.2, -0.15) is 0 Å². The molecule has 0 bridgehead atoms. The van der Waals surface area contributed by atoms with E-state index in [1.165, 1.54) is 0 Å². The van der Waals surface area contributed by atoms with Gasteiger partial charge < -0.3 is 4.74 Å². The molecule has 0 spiro atoms. The van der Waals surface area contributed by atoms with Gasteiger partial charge in [0.2, 0.25) is 0 Å². The van der Waals surface area contributed by atoms with Gasteiger partial charge in [0.25, 0.3) is 0 Å². The van der Waals surface area contributed by atoms with Gasteiger partial charge in [0, 0.05) is 13.2 Å². The normalized spacial score (nSPS) is 19.7. The lowest BCUT2D eigenvalue weighted by Crippen LogP contribution is -2.19. The lowest BCUT2D eigenvalue weighted by molar-refractivity contribution is 0.0651. The van der Waals surface area contributed by atoms with Crippen LogP contribution in [0.15, 0.2) is 18.2 Å². The van der Waals surface area contributed by atoms with Crippen molar-refractivity contribution in [3.05, 3.63) is 33.8 Å². The molecule has 0 saturated carbocycles. The molecule has 1 fully saturated rings. The number of hydrogen-bond donors (Lipinski definition) is 0. The Morgan fingerprint density at radius 3 is 2.44 bits per heavy atom. The number of halogens is 3. The Kier molecular flexibility index (Phi) is 4.37. The van der Waals surface area contributed by atoms with Crippen LogP contribution in [-0.4, -0.2) is 13.2 Å². The summed E-state index contributed by atoms with van der Waals surface area (Å²) in [7, 11) is 0. The first-order chi connectivity index (χ1) is 7.68. The summed E-state index contributed by atoms with van der Waals surface area (Å²) >= 11 is 18.3. The minimum Gasteiger partial charge on any atom is -0.381 e. The van der Waals surface area contributed by atoms with Crippen molar-refractivity contribution < 1.29 is 4.74 Å². The predicted octanol–water partition coefficient (Wildman–Crippen LogP) is 4.70. The van der Waals surface area contributed by atoms with Crippen LogP contribution >= 0.6 is 34.8 Å². The van der Waals surface area contributed by atoms with E-state index in [9.17, 15) is 0 Å². The summed E-state index contributed by atoms with van der Waals surface area (Å²) in [5.74, 6) is 0.465. The van der Waals surface area contributed by atoms with Crippen molar-refractivity contribution in [1.82, 2.24) is 0 Å². The zero-order valence-corrected chi connectivity index (χ0v) is 11.0. The molecule has 4 heteroatoms. The molecule has 16 heavy (non-hydrogen) atoms. The zero-order valence-electron chi connectivity index (χ0n) is 8.76. The number of ether oxygens (including phenoxy) is 1. The highest BCUT2D eigenvalue weighted by Gasteiger charge is 2.23. The van der Waals surface area contributed by atoms with Gasteiger partial charge in [-0.25, -0.2) is 0 Å². The summed E-state index contributed by atoms with van der Waals surface area (Å²) < 4.78 is 5.32. The number of hydrogen-bond acceptors (Lipinski definition) is 1. The van der Waals surface area contributed by atoms with E-state index < -0.39 is 0 Å². The fourth-order valence-electron chi connectivity index (χ4n) is 1.96. The van der Waals surface area contributed by atoms with Crippen molar-refractivity contribution in [2.75, 3.05) is 13.2 Å². The van der Waals surface area contributed by atoms with E-state index in [2.05, 4.69) is 0 Å². The smallest absolute Gasteiger partial charge is 0.0615 e. The second-order valence-electron chi connectivity index (χ2n) is 4.03. The van der Waals surface area contributed by atoms with Gasteiger partial charge in [0.15, 0.2) is 0 Å². The average Bonchev–Trinajstić information content (AvgIpc) is 2.33. The van der Waals surface area contributed by atoms with Crippen LogP contribution in [-0.2, 0) is 4.74 Å². The molecule has 1 heterocycles. The van der Waals surface area contributed by atoms with Crippen LogP contribution in [0.4, 0.5) is 0 Å². The van der Waals surface area contributed by atoms with Crippen molar-refractivity contribution in [2.45, 2.75) is 18.2 Å². The standard InChI is InChI=1S/C12H13Cl3O/c13-10-2-1-9(7-11(10)14)12(15)8-3-5-16-6-4-8/h1-2,7-8,12H,3-6H2. The Labute approximate surface area is 111 Å². The summed E-state index contributed by atoms with van der Waals surface area (Å²) in [6, 6.07) is 5.60. The summed E-state index contributed by atoms with van der Waals surface area (Å²) in [5.41, 5.74) is 1.04. The van der Waals surface area contributed by atoms with E-state index in [0.29, 0.717) is 16.0 Å². The molecule has 1 saturated heterocycles. The first-order valence-electron chi connectivity index (χ1n) is 5.35. The van der Waals surface area contributed by atoms with E-state index in [0.717, 1.165) is 31.6 Å². The third kappa shape index (κ3) is 2.84. The third-order valence-electron chi connectivity index (χ3n) is 2.94. The van der Waals surface area contributed by atoms with E-state index in [1.54, 1.807) is 6.07 Å². The first kappa shape index (κ1) is 12.5. The van der Waals surface area contributed by atoms with Crippen LogP contribution < -0.4 is 0 Å². The molecule has 0 aliphatic carbocycles. The van der Waals surface area contributed by atoms with Crippen LogP contribution in [0.3, 0.4) is 0 Å². The van der Waals surface area contributed by atoms with Gasteiger partial charge in [-0.3, -0.25) is 0 Å². The Balaban J connectivity index is 2.12. The molecule has 2 rings (SSSR count). The van der Waals surface area contributed by atoms with Crippen molar-refractivity contribution in [3.63, 3.8) is 0 Å². The summed E-state index contributed by atoms with van der Waals surface area (Å²) in [5, 5.41) is 1.14. The Bertz CT molecular complexity index is 361. The van der Waals surface area contributed by atoms with Crippen LogP contribution in [0, 0.1) is 5.92 Å². The Hall–Kier alpha value is 0.0500. The van der Waals surface area contributed by atoms with Gasteiger partial charge in [-0.05, 0) is 36.5 Å². The lowest BCUT2D eigenvalue weighted by Gasteiger charge is -2.26. The van der Waals surface area contributed by atoms with E-state index in [4.69, 9.17) is 39.5 Å². The molecule has 1 atom stereocenters. The van der Waals surface area contributed by atoms with Crippen molar-refractivity contribution >= 4 is 34.8 Å². The van der Waals surface area contributed by atoms with Gasteiger partial charge in [-0.1, -0.05) is 29.3 Å². The molecule has 88 valence electrons. The SMILES string of the molecule is Clc1ccc(C(Cl)C2CCOCC2)cc1Cl. The fourth-order valence-corrected chi connectivity index (χ4v) is 2.66. The molecule has 1 aliphatic heterocycles. The quantitative estimate of drug-likeness (QED) is 0.713. The van der Waals surface area contributed by atoms with E-state index in [1.807, 2.05) is 12.1 Å². The van der Waals surface area contributed by atoms with Crippen LogP contribution in [0.25, 0.3) is 0 Å².